The van der Waals surface area contributed by atoms with Crippen molar-refractivity contribution in [2.24, 2.45) is 0 Å². The quantitative estimate of drug-likeness (QED) is 0.557. The molecule has 0 aliphatic heterocycles. The summed E-state index contributed by atoms with van der Waals surface area (Å²) in [6.45, 7) is 10.6. The van der Waals surface area contributed by atoms with Crippen LogP contribution in [-0.2, 0) is 9.47 Å². The van der Waals surface area contributed by atoms with Crippen molar-refractivity contribution in [2.45, 2.75) is 52.7 Å². The summed E-state index contributed by atoms with van der Waals surface area (Å²) in [5.41, 5.74) is -0.436. The Morgan fingerprint density at radius 1 is 0.826 bits per heavy atom. The number of halogens is 2. The van der Waals surface area contributed by atoms with E-state index in [2.05, 4.69) is 42.5 Å². The summed E-state index contributed by atoms with van der Waals surface area (Å²) in [5.74, 6) is 0. The summed E-state index contributed by atoms with van der Waals surface area (Å²) in [6, 6.07) is 0. The molecule has 1 heterocycles. The van der Waals surface area contributed by atoms with Gasteiger partial charge in [-0.05, 0) is 73.4 Å². The molecule has 0 bridgehead atoms. The Kier molecular flexibility index (Phi) is 6.51. The minimum Gasteiger partial charge on any atom is -0.444 e. The number of amides is 2. The van der Waals surface area contributed by atoms with Gasteiger partial charge in [0.2, 0.25) is 0 Å². The van der Waals surface area contributed by atoms with E-state index in [4.69, 9.17) is 9.47 Å². The summed E-state index contributed by atoms with van der Waals surface area (Å²) in [7, 11) is 0. The maximum atomic E-state index is 11.9. The average molecular weight is 472 g/mol. The lowest BCUT2D eigenvalue weighted by atomic mass is 10.2. The van der Waals surface area contributed by atoms with Crippen LogP contribution in [0.1, 0.15) is 41.5 Å². The van der Waals surface area contributed by atoms with Gasteiger partial charge in [-0.15, -0.1) is 11.3 Å². The van der Waals surface area contributed by atoms with Crippen LogP contribution in [0.25, 0.3) is 0 Å². The van der Waals surface area contributed by atoms with E-state index in [1.165, 1.54) is 11.3 Å². The molecule has 6 nitrogen and oxygen atoms in total. The third-order valence-corrected chi connectivity index (χ3v) is 4.61. The molecule has 0 radical (unpaired) electrons. The van der Waals surface area contributed by atoms with Gasteiger partial charge < -0.3 is 9.47 Å². The minimum absolute atomic E-state index is 0.405. The molecule has 9 heteroatoms. The van der Waals surface area contributed by atoms with Crippen LogP contribution in [-0.4, -0.2) is 23.4 Å². The van der Waals surface area contributed by atoms with Gasteiger partial charge in [0.05, 0.1) is 18.9 Å². The predicted molar refractivity (Wildman–Crippen MR) is 99.4 cm³/mol. The standard InChI is InChI=1S/C14H20Br2N2O4S/c1-13(2,3)21-11(19)17-7-8(10(16)23-9(7)15)18-12(20)22-14(4,5)6/h1-6H3,(H,17,19)(H,18,20). The Balaban J connectivity index is 2.93. The molecule has 0 aliphatic carbocycles. The molecule has 2 amide bonds. The SMILES string of the molecule is CC(C)(C)OC(=O)Nc1c(Br)sc(Br)c1NC(=O)OC(C)(C)C. The van der Waals surface area contributed by atoms with E-state index < -0.39 is 23.4 Å². The van der Waals surface area contributed by atoms with Gasteiger partial charge in [0.15, 0.2) is 0 Å². The van der Waals surface area contributed by atoms with Gasteiger partial charge in [-0.2, -0.15) is 0 Å². The molecular weight excluding hydrogens is 452 g/mol. The highest BCUT2D eigenvalue weighted by Gasteiger charge is 2.24. The first-order valence-corrected chi connectivity index (χ1v) is 9.16. The molecule has 1 aromatic heterocycles. The van der Waals surface area contributed by atoms with Crippen LogP contribution in [0.5, 0.6) is 0 Å². The topological polar surface area (TPSA) is 76.7 Å². The maximum absolute atomic E-state index is 11.9. The lowest BCUT2D eigenvalue weighted by molar-refractivity contribution is 0.0621. The Morgan fingerprint density at radius 2 is 1.13 bits per heavy atom. The molecule has 0 unspecified atom stereocenters. The van der Waals surface area contributed by atoms with E-state index in [-0.39, 0.29) is 0 Å². The Hall–Kier alpha value is -0.800. The van der Waals surface area contributed by atoms with Crippen molar-refractivity contribution in [3.05, 3.63) is 7.57 Å². The van der Waals surface area contributed by atoms with Gasteiger partial charge in [0, 0.05) is 0 Å². The maximum Gasteiger partial charge on any atom is 0.412 e. The Labute approximate surface area is 156 Å². The van der Waals surface area contributed by atoms with Crippen LogP contribution in [0.15, 0.2) is 7.57 Å². The number of thiophene rings is 1. The molecule has 0 fully saturated rings. The van der Waals surface area contributed by atoms with Crippen LogP contribution in [0.3, 0.4) is 0 Å². The van der Waals surface area contributed by atoms with Crippen LogP contribution in [0.4, 0.5) is 21.0 Å². The first kappa shape index (κ1) is 20.2. The molecule has 1 aromatic rings. The van der Waals surface area contributed by atoms with E-state index in [1.54, 1.807) is 41.5 Å². The number of carbonyl (C=O) groups excluding carboxylic acids is 2. The third-order valence-electron chi connectivity index (χ3n) is 2.07. The highest BCUT2D eigenvalue weighted by molar-refractivity contribution is 9.12. The molecule has 0 saturated carbocycles. The first-order valence-electron chi connectivity index (χ1n) is 6.76. The second-order valence-corrected chi connectivity index (χ2v) is 10.3. The minimum atomic E-state index is -0.622. The molecule has 130 valence electrons. The molecular formula is C14H20Br2N2O4S. The number of ether oxygens (including phenoxy) is 2. The fourth-order valence-corrected chi connectivity index (χ4v) is 4.30. The summed E-state index contributed by atoms with van der Waals surface area (Å²) in [5, 5.41) is 5.25. The van der Waals surface area contributed by atoms with Crippen LogP contribution in [0.2, 0.25) is 0 Å². The normalized spacial score (nSPS) is 11.8. The van der Waals surface area contributed by atoms with Gasteiger partial charge in [0.25, 0.3) is 0 Å². The van der Waals surface area contributed by atoms with Crippen LogP contribution in [0, 0.1) is 0 Å². The smallest absolute Gasteiger partial charge is 0.412 e. The number of hydrogen-bond acceptors (Lipinski definition) is 5. The van der Waals surface area contributed by atoms with E-state index >= 15 is 0 Å². The number of nitrogens with one attached hydrogen (secondary N) is 2. The summed E-state index contributed by atoms with van der Waals surface area (Å²) in [4.78, 5) is 23.9. The molecule has 0 saturated heterocycles. The first-order chi connectivity index (χ1) is 10.3. The predicted octanol–water partition coefficient (Wildman–Crippen LogP) is 5.97. The van der Waals surface area contributed by atoms with Crippen molar-refractivity contribution in [3.63, 3.8) is 0 Å². The second-order valence-electron chi connectivity index (χ2n) is 6.65. The molecule has 0 atom stereocenters. The van der Waals surface area contributed by atoms with Crippen molar-refractivity contribution in [2.75, 3.05) is 10.6 Å². The van der Waals surface area contributed by atoms with E-state index in [9.17, 15) is 9.59 Å². The van der Waals surface area contributed by atoms with Crippen molar-refractivity contribution in [1.82, 2.24) is 0 Å². The number of anilines is 2. The Bertz CT molecular complexity index is 553. The van der Waals surface area contributed by atoms with Gasteiger partial charge in [-0.3, -0.25) is 10.6 Å². The van der Waals surface area contributed by atoms with Gasteiger partial charge in [-0.25, -0.2) is 9.59 Å². The number of rotatable bonds is 2. The van der Waals surface area contributed by atoms with Crippen LogP contribution < -0.4 is 10.6 Å². The van der Waals surface area contributed by atoms with Crippen molar-refractivity contribution in [1.29, 1.82) is 0 Å². The van der Waals surface area contributed by atoms with Crippen molar-refractivity contribution < 1.29 is 19.1 Å². The monoisotopic (exact) mass is 470 g/mol. The van der Waals surface area contributed by atoms with E-state index in [1.807, 2.05) is 0 Å². The van der Waals surface area contributed by atoms with E-state index in [0.29, 0.717) is 18.9 Å². The number of hydrogen-bond donors (Lipinski definition) is 2. The van der Waals surface area contributed by atoms with Crippen molar-refractivity contribution in [3.8, 4) is 0 Å². The average Bonchev–Trinajstić information content (AvgIpc) is 2.51. The largest absolute Gasteiger partial charge is 0.444 e. The fourth-order valence-electron chi connectivity index (χ4n) is 1.41. The second kappa shape index (κ2) is 7.40. The van der Waals surface area contributed by atoms with E-state index in [0.717, 1.165) is 0 Å². The Morgan fingerprint density at radius 3 is 1.39 bits per heavy atom. The molecule has 2 N–H and O–H groups in total. The van der Waals surface area contributed by atoms with Crippen LogP contribution >= 0.6 is 43.2 Å². The fraction of sp³-hybridized carbons (Fsp3) is 0.571. The zero-order valence-electron chi connectivity index (χ0n) is 13.8. The zero-order chi connectivity index (χ0) is 18.0. The molecule has 0 aliphatic rings. The van der Waals surface area contributed by atoms with Crippen molar-refractivity contribution >= 4 is 66.8 Å². The molecule has 1 rings (SSSR count). The molecule has 23 heavy (non-hydrogen) atoms. The highest BCUT2D eigenvalue weighted by atomic mass is 79.9. The lowest BCUT2D eigenvalue weighted by Gasteiger charge is -2.21. The van der Waals surface area contributed by atoms with Gasteiger partial charge in [0.1, 0.15) is 11.2 Å². The summed E-state index contributed by atoms with van der Waals surface area (Å²) < 4.78 is 11.7. The molecule has 0 spiro atoms. The third kappa shape index (κ3) is 7.09. The molecule has 0 aromatic carbocycles. The van der Waals surface area contributed by atoms with Gasteiger partial charge in [-0.1, -0.05) is 0 Å². The summed E-state index contributed by atoms with van der Waals surface area (Å²) in [6.07, 6.45) is -1.23. The lowest BCUT2D eigenvalue weighted by Crippen LogP contribution is -2.29. The zero-order valence-corrected chi connectivity index (χ0v) is 17.8. The highest BCUT2D eigenvalue weighted by Crippen LogP contribution is 2.45. The summed E-state index contributed by atoms with van der Waals surface area (Å²) >= 11 is 8.02. The number of carbonyl (C=O) groups is 2. The van der Waals surface area contributed by atoms with Gasteiger partial charge >= 0.3 is 12.2 Å².